The molecular formula is C22H23NO2. The molecule has 1 aliphatic heterocycles. The van der Waals surface area contributed by atoms with Crippen molar-refractivity contribution in [1.82, 2.24) is 4.90 Å². The molecule has 1 atom stereocenters. The number of fused-ring (bicyclic) bond motifs is 3. The molecule has 3 nitrogen and oxygen atoms in total. The molecular weight excluding hydrogens is 310 g/mol. The first kappa shape index (κ1) is 15.9. The van der Waals surface area contributed by atoms with Gasteiger partial charge >= 0.3 is 6.09 Å². The van der Waals surface area contributed by atoms with Gasteiger partial charge in [-0.15, -0.1) is 0 Å². The van der Waals surface area contributed by atoms with Gasteiger partial charge in [-0.05, 0) is 42.0 Å². The van der Waals surface area contributed by atoms with Crippen molar-refractivity contribution in [2.45, 2.75) is 19.8 Å². The van der Waals surface area contributed by atoms with Crippen molar-refractivity contribution in [2.24, 2.45) is 5.41 Å². The summed E-state index contributed by atoms with van der Waals surface area (Å²) in [4.78, 5) is 14.2. The van der Waals surface area contributed by atoms with E-state index in [9.17, 15) is 4.79 Å². The van der Waals surface area contributed by atoms with E-state index in [-0.39, 0.29) is 11.5 Å². The van der Waals surface area contributed by atoms with Crippen LogP contribution >= 0.6 is 0 Å². The lowest BCUT2D eigenvalue weighted by atomic mass is 9.73. The quantitative estimate of drug-likeness (QED) is 0.837. The number of benzene rings is 2. The van der Waals surface area contributed by atoms with E-state index in [0.717, 1.165) is 12.8 Å². The van der Waals surface area contributed by atoms with Gasteiger partial charge in [0.05, 0.1) is 6.61 Å². The normalized spacial score (nSPS) is 21.3. The summed E-state index contributed by atoms with van der Waals surface area (Å²) in [5, 5.41) is 0. The van der Waals surface area contributed by atoms with Crippen molar-refractivity contribution in [1.29, 1.82) is 0 Å². The number of amides is 1. The van der Waals surface area contributed by atoms with E-state index < -0.39 is 0 Å². The Morgan fingerprint density at radius 2 is 1.88 bits per heavy atom. The Kier molecular flexibility index (Phi) is 4.08. The molecule has 2 aromatic rings. The van der Waals surface area contributed by atoms with E-state index in [4.69, 9.17) is 4.74 Å². The molecule has 0 saturated heterocycles. The van der Waals surface area contributed by atoms with E-state index in [0.29, 0.717) is 19.7 Å². The summed E-state index contributed by atoms with van der Waals surface area (Å²) in [6, 6.07) is 19.2. The van der Waals surface area contributed by atoms with Gasteiger partial charge in [-0.3, -0.25) is 0 Å². The molecule has 1 aliphatic carbocycles. The van der Waals surface area contributed by atoms with E-state index in [1.807, 2.05) is 17.9 Å². The highest BCUT2D eigenvalue weighted by Crippen LogP contribution is 2.50. The van der Waals surface area contributed by atoms with Gasteiger partial charge < -0.3 is 9.64 Å². The molecule has 1 heterocycles. The summed E-state index contributed by atoms with van der Waals surface area (Å²) in [5.74, 6) is 0. The number of nitrogens with zero attached hydrogens (tertiary/aromatic N) is 1. The largest absolute Gasteiger partial charge is 0.450 e. The Morgan fingerprint density at radius 3 is 2.68 bits per heavy atom. The predicted octanol–water partition coefficient (Wildman–Crippen LogP) is 4.33. The molecule has 4 rings (SSSR count). The van der Waals surface area contributed by atoms with Crippen LogP contribution in [-0.4, -0.2) is 30.7 Å². The van der Waals surface area contributed by atoms with Crippen LogP contribution in [-0.2, 0) is 17.6 Å². The van der Waals surface area contributed by atoms with Crippen molar-refractivity contribution < 1.29 is 9.53 Å². The van der Waals surface area contributed by atoms with Crippen LogP contribution in [0, 0.1) is 5.41 Å². The molecule has 1 amide bonds. The van der Waals surface area contributed by atoms with Gasteiger partial charge in [-0.1, -0.05) is 60.7 Å². The van der Waals surface area contributed by atoms with Gasteiger partial charge in [-0.2, -0.15) is 0 Å². The summed E-state index contributed by atoms with van der Waals surface area (Å²) in [6.07, 6.45) is 3.93. The molecule has 3 heteroatoms. The minimum atomic E-state index is -0.207. The van der Waals surface area contributed by atoms with E-state index in [1.54, 1.807) is 0 Å². The highest BCUT2D eigenvalue weighted by atomic mass is 16.6. The van der Waals surface area contributed by atoms with Crippen LogP contribution in [0.2, 0.25) is 0 Å². The average Bonchev–Trinajstić information content (AvgIpc) is 2.95. The standard InChI is InChI=1S/C22H23NO2/c1-2-25-21(24)23-13-12-20-19-11-7-6-10-18(19)15-22(20,16-23)14-17-8-4-3-5-9-17/h3-12H,2,13-16H2,1H3/t22-/m1/s1. The van der Waals surface area contributed by atoms with Crippen LogP contribution in [0.25, 0.3) is 5.57 Å². The van der Waals surface area contributed by atoms with E-state index in [2.05, 4.69) is 54.6 Å². The highest BCUT2D eigenvalue weighted by molar-refractivity contribution is 5.81. The van der Waals surface area contributed by atoms with Gasteiger partial charge in [0.2, 0.25) is 0 Å². The zero-order valence-electron chi connectivity index (χ0n) is 14.6. The highest BCUT2D eigenvalue weighted by Gasteiger charge is 2.45. The topological polar surface area (TPSA) is 29.5 Å². The lowest BCUT2D eigenvalue weighted by Gasteiger charge is -2.40. The predicted molar refractivity (Wildman–Crippen MR) is 99.3 cm³/mol. The molecule has 0 unspecified atom stereocenters. The van der Waals surface area contributed by atoms with Crippen molar-refractivity contribution in [3.8, 4) is 0 Å². The summed E-state index contributed by atoms with van der Waals surface area (Å²) in [6.45, 7) is 3.60. The molecule has 0 N–H and O–H groups in total. The Labute approximate surface area is 148 Å². The van der Waals surface area contributed by atoms with Gasteiger partial charge in [0.15, 0.2) is 0 Å². The lowest BCUT2D eigenvalue weighted by Crippen LogP contribution is -2.46. The van der Waals surface area contributed by atoms with E-state index in [1.165, 1.54) is 22.3 Å². The average molecular weight is 333 g/mol. The third-order valence-corrected chi connectivity index (χ3v) is 5.33. The molecule has 0 fully saturated rings. The number of carbonyl (C=O) groups is 1. The molecule has 25 heavy (non-hydrogen) atoms. The molecule has 0 spiro atoms. The van der Waals surface area contributed by atoms with Crippen LogP contribution < -0.4 is 0 Å². The second-order valence-electron chi connectivity index (χ2n) is 6.97. The Balaban J connectivity index is 1.72. The van der Waals surface area contributed by atoms with Gasteiger partial charge in [0.25, 0.3) is 0 Å². The smallest absolute Gasteiger partial charge is 0.410 e. The van der Waals surface area contributed by atoms with Crippen molar-refractivity contribution in [3.63, 3.8) is 0 Å². The molecule has 0 radical (unpaired) electrons. The fourth-order valence-electron chi connectivity index (χ4n) is 4.34. The third-order valence-electron chi connectivity index (χ3n) is 5.33. The first-order chi connectivity index (χ1) is 12.2. The second kappa shape index (κ2) is 6.40. The van der Waals surface area contributed by atoms with Crippen LogP contribution in [0.4, 0.5) is 4.79 Å². The van der Waals surface area contributed by atoms with Gasteiger partial charge in [-0.25, -0.2) is 4.79 Å². The molecule has 0 aromatic heterocycles. The first-order valence-electron chi connectivity index (χ1n) is 8.96. The zero-order chi connectivity index (χ0) is 17.3. The number of ether oxygens (including phenoxy) is 1. The van der Waals surface area contributed by atoms with Crippen molar-refractivity contribution >= 4 is 11.7 Å². The Hall–Kier alpha value is -2.55. The number of carbonyl (C=O) groups excluding carboxylic acids is 1. The number of hydrogen-bond acceptors (Lipinski definition) is 2. The first-order valence-corrected chi connectivity index (χ1v) is 8.96. The second-order valence-corrected chi connectivity index (χ2v) is 6.97. The van der Waals surface area contributed by atoms with E-state index >= 15 is 0 Å². The fourth-order valence-corrected chi connectivity index (χ4v) is 4.34. The SMILES string of the molecule is CCOC(=O)N1CC=C2c3ccccc3C[C@]2(Cc2ccccc2)C1. The summed E-state index contributed by atoms with van der Waals surface area (Å²) in [7, 11) is 0. The minimum absolute atomic E-state index is 0.0595. The number of hydrogen-bond donors (Lipinski definition) is 0. The molecule has 0 bridgehead atoms. The minimum Gasteiger partial charge on any atom is -0.450 e. The fraction of sp³-hybridized carbons (Fsp3) is 0.318. The third kappa shape index (κ3) is 2.84. The Morgan fingerprint density at radius 1 is 1.12 bits per heavy atom. The van der Waals surface area contributed by atoms with Gasteiger partial charge in [0.1, 0.15) is 0 Å². The molecule has 0 saturated carbocycles. The van der Waals surface area contributed by atoms with Crippen LogP contribution in [0.5, 0.6) is 0 Å². The molecule has 2 aromatic carbocycles. The van der Waals surface area contributed by atoms with Crippen LogP contribution in [0.15, 0.2) is 60.7 Å². The van der Waals surface area contributed by atoms with Crippen LogP contribution in [0.3, 0.4) is 0 Å². The zero-order valence-corrected chi connectivity index (χ0v) is 14.6. The summed E-state index contributed by atoms with van der Waals surface area (Å²) < 4.78 is 5.26. The maximum absolute atomic E-state index is 12.3. The lowest BCUT2D eigenvalue weighted by molar-refractivity contribution is 0.0961. The number of rotatable bonds is 3. The summed E-state index contributed by atoms with van der Waals surface area (Å²) in [5.41, 5.74) is 5.38. The van der Waals surface area contributed by atoms with Gasteiger partial charge in [0, 0.05) is 18.5 Å². The molecule has 128 valence electrons. The van der Waals surface area contributed by atoms with Crippen molar-refractivity contribution in [3.05, 3.63) is 77.4 Å². The Bertz CT molecular complexity index is 812. The van der Waals surface area contributed by atoms with Crippen LogP contribution in [0.1, 0.15) is 23.6 Å². The maximum atomic E-state index is 12.3. The maximum Gasteiger partial charge on any atom is 0.410 e. The van der Waals surface area contributed by atoms with Crippen molar-refractivity contribution in [2.75, 3.05) is 19.7 Å². The summed E-state index contributed by atoms with van der Waals surface area (Å²) >= 11 is 0. The molecule has 2 aliphatic rings. The monoisotopic (exact) mass is 333 g/mol.